The molecule has 2 atom stereocenters. The van der Waals surface area contributed by atoms with Gasteiger partial charge in [-0.1, -0.05) is 49.2 Å². The lowest BCUT2D eigenvalue weighted by Crippen LogP contribution is -2.36. The first-order valence-electron chi connectivity index (χ1n) is 6.83. The summed E-state index contributed by atoms with van der Waals surface area (Å²) in [5.41, 5.74) is 7.33. The van der Waals surface area contributed by atoms with Gasteiger partial charge in [-0.05, 0) is 36.3 Å². The van der Waals surface area contributed by atoms with Gasteiger partial charge in [-0.3, -0.25) is 0 Å². The van der Waals surface area contributed by atoms with E-state index in [9.17, 15) is 0 Å². The summed E-state index contributed by atoms with van der Waals surface area (Å²) < 4.78 is 0. The molecule has 2 rings (SSSR count). The van der Waals surface area contributed by atoms with Crippen LogP contribution in [0, 0.1) is 5.41 Å². The summed E-state index contributed by atoms with van der Waals surface area (Å²) in [6.45, 7) is 5.16. The fourth-order valence-electron chi connectivity index (χ4n) is 2.94. The molecule has 0 aromatic heterocycles. The summed E-state index contributed by atoms with van der Waals surface area (Å²) in [5.74, 6) is 0. The van der Waals surface area contributed by atoms with Crippen LogP contribution >= 0.6 is 23.2 Å². The van der Waals surface area contributed by atoms with E-state index in [4.69, 9.17) is 28.9 Å². The third-order valence-corrected chi connectivity index (χ3v) is 4.83. The number of hydrogen-bond acceptors (Lipinski definition) is 2. The van der Waals surface area contributed by atoms with Crippen molar-refractivity contribution in [2.45, 2.75) is 45.2 Å². The highest BCUT2D eigenvalue weighted by Crippen LogP contribution is 2.38. The van der Waals surface area contributed by atoms with Gasteiger partial charge in [0.25, 0.3) is 0 Å². The molecule has 1 aromatic rings. The second-order valence-corrected chi connectivity index (χ2v) is 6.99. The van der Waals surface area contributed by atoms with E-state index in [2.05, 4.69) is 19.2 Å². The molecule has 1 fully saturated rings. The van der Waals surface area contributed by atoms with E-state index in [-0.39, 0.29) is 6.04 Å². The van der Waals surface area contributed by atoms with Crippen LogP contribution in [0.3, 0.4) is 0 Å². The van der Waals surface area contributed by atoms with Crippen molar-refractivity contribution in [2.24, 2.45) is 11.1 Å². The fourth-order valence-corrected chi connectivity index (χ4v) is 3.38. The summed E-state index contributed by atoms with van der Waals surface area (Å²) in [4.78, 5) is 0. The molecule has 0 heterocycles. The molecule has 1 saturated carbocycles. The quantitative estimate of drug-likeness (QED) is 0.876. The molecule has 0 spiro atoms. The molecule has 106 valence electrons. The summed E-state index contributed by atoms with van der Waals surface area (Å²) in [6.07, 6.45) is 3.63. The van der Waals surface area contributed by atoms with Gasteiger partial charge in [0, 0.05) is 18.6 Å². The van der Waals surface area contributed by atoms with Crippen molar-refractivity contribution in [2.75, 3.05) is 6.54 Å². The molecule has 1 aliphatic rings. The van der Waals surface area contributed by atoms with Crippen LogP contribution in [0.25, 0.3) is 0 Å². The van der Waals surface area contributed by atoms with E-state index < -0.39 is 0 Å². The number of nitrogens with one attached hydrogen (secondary N) is 1. The Labute approximate surface area is 125 Å². The second-order valence-electron chi connectivity index (χ2n) is 6.20. The van der Waals surface area contributed by atoms with Crippen molar-refractivity contribution in [3.8, 4) is 0 Å². The first-order valence-corrected chi connectivity index (χ1v) is 7.58. The van der Waals surface area contributed by atoms with Gasteiger partial charge in [0.15, 0.2) is 0 Å². The second kappa shape index (κ2) is 6.01. The molecule has 1 aliphatic carbocycles. The number of halogens is 2. The van der Waals surface area contributed by atoms with E-state index >= 15 is 0 Å². The lowest BCUT2D eigenvalue weighted by molar-refractivity contribution is 0.353. The maximum atomic E-state index is 6.28. The zero-order valence-electron chi connectivity index (χ0n) is 11.5. The maximum Gasteiger partial charge on any atom is 0.0640 e. The van der Waals surface area contributed by atoms with E-state index in [0.29, 0.717) is 28.0 Å². The largest absolute Gasteiger partial charge is 0.329 e. The first-order chi connectivity index (χ1) is 8.93. The van der Waals surface area contributed by atoms with E-state index in [1.165, 1.54) is 19.3 Å². The van der Waals surface area contributed by atoms with Crippen LogP contribution in [-0.2, 0) is 0 Å². The van der Waals surface area contributed by atoms with E-state index in [0.717, 1.165) is 5.56 Å². The smallest absolute Gasteiger partial charge is 0.0640 e. The number of rotatable bonds is 4. The van der Waals surface area contributed by atoms with Crippen molar-refractivity contribution < 1.29 is 0 Å². The summed E-state index contributed by atoms with van der Waals surface area (Å²) in [6, 6.07) is 6.31. The Kier molecular flexibility index (Phi) is 4.78. The molecular weight excluding hydrogens is 279 g/mol. The Balaban J connectivity index is 2.11. The average molecular weight is 301 g/mol. The molecule has 0 amide bonds. The molecule has 0 aliphatic heterocycles. The predicted molar refractivity (Wildman–Crippen MR) is 82.8 cm³/mol. The van der Waals surface area contributed by atoms with Crippen LogP contribution in [0.4, 0.5) is 0 Å². The Morgan fingerprint density at radius 3 is 2.74 bits per heavy atom. The van der Waals surface area contributed by atoms with Gasteiger partial charge in [0.2, 0.25) is 0 Å². The highest BCUT2D eigenvalue weighted by Gasteiger charge is 2.32. The van der Waals surface area contributed by atoms with Gasteiger partial charge in [-0.25, -0.2) is 0 Å². The van der Waals surface area contributed by atoms with Gasteiger partial charge >= 0.3 is 0 Å². The molecule has 2 unspecified atom stereocenters. The van der Waals surface area contributed by atoms with Crippen LogP contribution in [0.5, 0.6) is 0 Å². The lowest BCUT2D eigenvalue weighted by atomic mass is 9.91. The molecule has 4 heteroatoms. The van der Waals surface area contributed by atoms with Crippen molar-refractivity contribution in [3.63, 3.8) is 0 Å². The zero-order chi connectivity index (χ0) is 14.0. The van der Waals surface area contributed by atoms with Crippen molar-refractivity contribution in [1.82, 2.24) is 5.32 Å². The molecule has 0 radical (unpaired) electrons. The lowest BCUT2D eigenvalue weighted by Gasteiger charge is -2.24. The Bertz CT molecular complexity index is 446. The standard InChI is InChI=1S/C15H22Cl2N2/c1-15(2)7-6-10(8-15)19-13(9-18)11-4-3-5-12(16)14(11)17/h3-5,10,13,19H,6-9,18H2,1-2H3. The molecule has 2 nitrogen and oxygen atoms in total. The van der Waals surface area contributed by atoms with Gasteiger partial charge in [0.05, 0.1) is 10.0 Å². The Morgan fingerprint density at radius 2 is 2.16 bits per heavy atom. The minimum atomic E-state index is 0.0742. The van der Waals surface area contributed by atoms with Crippen molar-refractivity contribution in [1.29, 1.82) is 0 Å². The van der Waals surface area contributed by atoms with Crippen molar-refractivity contribution in [3.05, 3.63) is 33.8 Å². The molecule has 0 saturated heterocycles. The molecule has 19 heavy (non-hydrogen) atoms. The normalized spacial score (nSPS) is 23.5. The van der Waals surface area contributed by atoms with Crippen LogP contribution in [0.1, 0.15) is 44.7 Å². The van der Waals surface area contributed by atoms with E-state index in [1.54, 1.807) is 6.07 Å². The minimum Gasteiger partial charge on any atom is -0.329 e. The summed E-state index contributed by atoms with van der Waals surface area (Å²) >= 11 is 12.4. The molecular formula is C15H22Cl2N2. The van der Waals surface area contributed by atoms with E-state index in [1.807, 2.05) is 12.1 Å². The summed E-state index contributed by atoms with van der Waals surface area (Å²) in [7, 11) is 0. The van der Waals surface area contributed by atoms with Gasteiger partial charge in [0.1, 0.15) is 0 Å². The van der Waals surface area contributed by atoms with Crippen LogP contribution < -0.4 is 11.1 Å². The van der Waals surface area contributed by atoms with Gasteiger partial charge in [-0.15, -0.1) is 0 Å². The first kappa shape index (κ1) is 15.1. The van der Waals surface area contributed by atoms with Gasteiger partial charge < -0.3 is 11.1 Å². The Hall–Kier alpha value is -0.280. The Morgan fingerprint density at radius 1 is 1.42 bits per heavy atom. The highest BCUT2D eigenvalue weighted by molar-refractivity contribution is 6.42. The van der Waals surface area contributed by atoms with Crippen LogP contribution in [0.2, 0.25) is 10.0 Å². The number of hydrogen-bond donors (Lipinski definition) is 2. The average Bonchev–Trinajstić information content (AvgIpc) is 2.70. The molecule has 3 N–H and O–H groups in total. The van der Waals surface area contributed by atoms with Gasteiger partial charge in [-0.2, -0.15) is 0 Å². The third-order valence-electron chi connectivity index (χ3n) is 4.00. The van der Waals surface area contributed by atoms with Crippen molar-refractivity contribution >= 4 is 23.2 Å². The maximum absolute atomic E-state index is 6.28. The SMILES string of the molecule is CC1(C)CCC(NC(CN)c2cccc(Cl)c2Cl)C1. The van der Waals surface area contributed by atoms with Crippen LogP contribution in [-0.4, -0.2) is 12.6 Å². The summed E-state index contributed by atoms with van der Waals surface area (Å²) in [5, 5.41) is 4.84. The number of benzene rings is 1. The topological polar surface area (TPSA) is 38.0 Å². The number of nitrogens with two attached hydrogens (primary N) is 1. The predicted octanol–water partition coefficient (Wildman–Crippen LogP) is 4.16. The fraction of sp³-hybridized carbons (Fsp3) is 0.600. The van der Waals surface area contributed by atoms with Crippen LogP contribution in [0.15, 0.2) is 18.2 Å². The minimum absolute atomic E-state index is 0.0742. The zero-order valence-corrected chi connectivity index (χ0v) is 13.1. The molecule has 0 bridgehead atoms. The highest BCUT2D eigenvalue weighted by atomic mass is 35.5. The third kappa shape index (κ3) is 3.63. The monoisotopic (exact) mass is 300 g/mol. The molecule has 1 aromatic carbocycles.